The molecule has 0 spiro atoms. The highest BCUT2D eigenvalue weighted by atomic mass is 16.5. The molecule has 162 valence electrons. The zero-order chi connectivity index (χ0) is 21.4. The molecule has 2 aromatic heterocycles. The summed E-state index contributed by atoms with van der Waals surface area (Å²) in [5.41, 5.74) is 1.96. The zero-order valence-electron chi connectivity index (χ0n) is 17.8. The first-order valence-electron chi connectivity index (χ1n) is 10.6. The van der Waals surface area contributed by atoms with E-state index >= 15 is 0 Å². The lowest BCUT2D eigenvalue weighted by molar-refractivity contribution is -0.00972. The van der Waals surface area contributed by atoms with Crippen molar-refractivity contribution < 1.29 is 14.6 Å². The Hall–Kier alpha value is -2.97. The highest BCUT2D eigenvalue weighted by Crippen LogP contribution is 2.52. The van der Waals surface area contributed by atoms with Crippen LogP contribution in [0.5, 0.6) is 11.9 Å². The second-order valence-electron chi connectivity index (χ2n) is 8.38. The van der Waals surface area contributed by atoms with Gasteiger partial charge in [0.1, 0.15) is 5.60 Å². The summed E-state index contributed by atoms with van der Waals surface area (Å²) in [4.78, 5) is 11.0. The van der Waals surface area contributed by atoms with Gasteiger partial charge in [0.2, 0.25) is 5.88 Å². The minimum absolute atomic E-state index is 0.107. The van der Waals surface area contributed by atoms with Gasteiger partial charge in [-0.2, -0.15) is 10.1 Å². The van der Waals surface area contributed by atoms with Crippen LogP contribution in [-0.2, 0) is 12.1 Å². The Morgan fingerprint density at radius 3 is 2.81 bits per heavy atom. The Morgan fingerprint density at radius 1 is 1.16 bits per heavy atom. The molecule has 0 unspecified atom stereocenters. The molecule has 1 saturated carbocycles. The molecular weight excluding hydrogens is 394 g/mol. The third-order valence-corrected chi connectivity index (χ3v) is 6.74. The van der Waals surface area contributed by atoms with Crippen LogP contribution < -0.4 is 9.47 Å². The van der Waals surface area contributed by atoms with Crippen LogP contribution in [0, 0.1) is 11.8 Å². The highest BCUT2D eigenvalue weighted by Gasteiger charge is 2.53. The monoisotopic (exact) mass is 421 g/mol. The van der Waals surface area contributed by atoms with Gasteiger partial charge in [-0.3, -0.25) is 4.90 Å². The first kappa shape index (κ1) is 20.0. The SMILES string of the molecule is COc1ncc([C@@]2(O)CC[C@@H]3CN(Cc4ccccc4-n4cccn4)C[C@@H]32)c(OC)n1. The lowest BCUT2D eigenvalue weighted by atomic mass is 9.83. The zero-order valence-corrected chi connectivity index (χ0v) is 17.8. The average Bonchev–Trinajstić information content (AvgIpc) is 3.53. The number of ether oxygens (including phenoxy) is 2. The molecule has 0 amide bonds. The van der Waals surface area contributed by atoms with Crippen molar-refractivity contribution in [3.8, 4) is 17.6 Å². The Bertz CT molecular complexity index is 1060. The van der Waals surface area contributed by atoms with E-state index in [1.54, 1.807) is 19.5 Å². The minimum Gasteiger partial charge on any atom is -0.481 e. The summed E-state index contributed by atoms with van der Waals surface area (Å²) in [7, 11) is 3.08. The molecule has 8 nitrogen and oxygen atoms in total. The largest absolute Gasteiger partial charge is 0.481 e. The molecule has 2 aliphatic rings. The van der Waals surface area contributed by atoms with Crippen LogP contribution in [0.3, 0.4) is 0 Å². The first-order chi connectivity index (χ1) is 15.1. The van der Waals surface area contributed by atoms with Gasteiger partial charge in [0.25, 0.3) is 0 Å². The van der Waals surface area contributed by atoms with Crippen molar-refractivity contribution in [3.63, 3.8) is 0 Å². The lowest BCUT2D eigenvalue weighted by Gasteiger charge is -2.31. The summed E-state index contributed by atoms with van der Waals surface area (Å²) in [6.45, 7) is 2.58. The molecule has 1 saturated heterocycles. The maximum absolute atomic E-state index is 11.8. The van der Waals surface area contributed by atoms with Crippen molar-refractivity contribution in [2.24, 2.45) is 11.8 Å². The molecule has 0 radical (unpaired) electrons. The summed E-state index contributed by atoms with van der Waals surface area (Å²) in [6, 6.07) is 10.5. The number of hydrogen-bond acceptors (Lipinski definition) is 7. The van der Waals surface area contributed by atoms with Crippen LogP contribution in [-0.4, -0.2) is 57.1 Å². The van der Waals surface area contributed by atoms with E-state index < -0.39 is 5.60 Å². The fourth-order valence-corrected chi connectivity index (χ4v) is 5.27. The molecule has 1 N–H and O–H groups in total. The van der Waals surface area contributed by atoms with Crippen LogP contribution in [0.25, 0.3) is 5.69 Å². The Morgan fingerprint density at radius 2 is 2.03 bits per heavy atom. The Labute approximate surface area is 181 Å². The number of nitrogens with zero attached hydrogens (tertiary/aromatic N) is 5. The standard InChI is InChI=1S/C23H27N5O3/c1-30-21-18(12-24-22(26-21)31-2)23(29)9-8-16-13-27(15-19(16)23)14-17-6-3-4-7-20(17)28-11-5-10-25-28/h3-7,10-12,16,19,29H,8-9,13-15H2,1-2H3/t16-,19+,23+/m1/s1. The van der Waals surface area contributed by atoms with Crippen LogP contribution in [0.15, 0.2) is 48.9 Å². The Balaban J connectivity index is 1.39. The van der Waals surface area contributed by atoms with E-state index in [1.165, 1.54) is 12.7 Å². The number of para-hydroxylation sites is 1. The number of likely N-dealkylation sites (tertiary alicyclic amines) is 1. The summed E-state index contributed by atoms with van der Waals surface area (Å²) in [5, 5.41) is 16.2. The number of methoxy groups -OCH3 is 2. The van der Waals surface area contributed by atoms with Gasteiger partial charge in [-0.15, -0.1) is 0 Å². The second kappa shape index (κ2) is 7.94. The topological polar surface area (TPSA) is 85.5 Å². The van der Waals surface area contributed by atoms with Gasteiger partial charge in [-0.1, -0.05) is 18.2 Å². The van der Waals surface area contributed by atoms with Crippen LogP contribution in [0.1, 0.15) is 24.0 Å². The van der Waals surface area contributed by atoms with Crippen molar-refractivity contribution in [3.05, 3.63) is 60.0 Å². The summed E-state index contributed by atoms with van der Waals surface area (Å²) >= 11 is 0. The van der Waals surface area contributed by atoms with Crippen LogP contribution in [0.4, 0.5) is 0 Å². The van der Waals surface area contributed by atoms with E-state index in [2.05, 4.69) is 38.2 Å². The lowest BCUT2D eigenvalue weighted by Crippen LogP contribution is -2.35. The molecule has 1 aliphatic carbocycles. The smallest absolute Gasteiger partial charge is 0.319 e. The average molecular weight is 422 g/mol. The second-order valence-corrected chi connectivity index (χ2v) is 8.38. The molecule has 3 aromatic rings. The van der Waals surface area contributed by atoms with Gasteiger partial charge in [-0.05, 0) is 36.5 Å². The van der Waals surface area contributed by atoms with Gasteiger partial charge >= 0.3 is 6.01 Å². The first-order valence-corrected chi connectivity index (χ1v) is 10.6. The van der Waals surface area contributed by atoms with E-state index in [4.69, 9.17) is 9.47 Å². The van der Waals surface area contributed by atoms with Crippen molar-refractivity contribution >= 4 is 0 Å². The van der Waals surface area contributed by atoms with Gasteiger partial charge < -0.3 is 14.6 Å². The molecule has 1 aliphatic heterocycles. The number of aromatic nitrogens is 4. The molecule has 0 bridgehead atoms. The van der Waals surface area contributed by atoms with E-state index in [9.17, 15) is 5.11 Å². The van der Waals surface area contributed by atoms with Crippen molar-refractivity contribution in [2.45, 2.75) is 25.0 Å². The van der Waals surface area contributed by atoms with Crippen molar-refractivity contribution in [2.75, 3.05) is 27.3 Å². The number of rotatable bonds is 6. The molecule has 5 rings (SSSR count). The van der Waals surface area contributed by atoms with Crippen molar-refractivity contribution in [1.82, 2.24) is 24.6 Å². The fraction of sp³-hybridized carbons (Fsp3) is 0.435. The third-order valence-electron chi connectivity index (χ3n) is 6.74. The number of fused-ring (bicyclic) bond motifs is 1. The van der Waals surface area contributed by atoms with E-state index in [-0.39, 0.29) is 11.9 Å². The van der Waals surface area contributed by atoms with Gasteiger partial charge in [0.05, 0.1) is 25.5 Å². The fourth-order valence-electron chi connectivity index (χ4n) is 5.27. The summed E-state index contributed by atoms with van der Waals surface area (Å²) in [6.07, 6.45) is 7.07. The van der Waals surface area contributed by atoms with Crippen LogP contribution in [0.2, 0.25) is 0 Å². The molecule has 31 heavy (non-hydrogen) atoms. The number of benzene rings is 1. The summed E-state index contributed by atoms with van der Waals surface area (Å²) in [5.74, 6) is 0.918. The molecule has 1 aromatic carbocycles. The van der Waals surface area contributed by atoms with E-state index in [0.29, 0.717) is 23.8 Å². The van der Waals surface area contributed by atoms with Crippen LogP contribution >= 0.6 is 0 Å². The number of aliphatic hydroxyl groups is 1. The minimum atomic E-state index is -1.00. The number of hydrogen-bond donors (Lipinski definition) is 1. The molecule has 2 fully saturated rings. The normalized spacial score (nSPS) is 25.5. The van der Waals surface area contributed by atoms with Crippen molar-refractivity contribution in [1.29, 1.82) is 0 Å². The quantitative estimate of drug-likeness (QED) is 0.654. The predicted molar refractivity (Wildman–Crippen MR) is 114 cm³/mol. The molecular formula is C23H27N5O3. The summed E-state index contributed by atoms with van der Waals surface area (Å²) < 4.78 is 12.5. The van der Waals surface area contributed by atoms with Gasteiger partial charge in [0, 0.05) is 44.1 Å². The van der Waals surface area contributed by atoms with E-state index in [0.717, 1.165) is 31.7 Å². The van der Waals surface area contributed by atoms with Gasteiger partial charge in [0.15, 0.2) is 0 Å². The predicted octanol–water partition coefficient (Wildman–Crippen LogP) is 2.41. The molecule has 3 atom stereocenters. The van der Waals surface area contributed by atoms with E-state index in [1.807, 2.05) is 23.0 Å². The molecule has 8 heteroatoms. The maximum Gasteiger partial charge on any atom is 0.319 e. The third kappa shape index (κ3) is 3.45. The van der Waals surface area contributed by atoms with Gasteiger partial charge in [-0.25, -0.2) is 9.67 Å². The molecule has 3 heterocycles. The maximum atomic E-state index is 11.8. The highest BCUT2D eigenvalue weighted by molar-refractivity contribution is 5.40. The Kier molecular flexibility index (Phi) is 5.11.